The highest BCUT2D eigenvalue weighted by atomic mass is 15.3. The zero-order valence-corrected chi connectivity index (χ0v) is 17.6. The quantitative estimate of drug-likeness (QED) is 0.679. The molecule has 0 saturated carbocycles. The predicted molar refractivity (Wildman–Crippen MR) is 118 cm³/mol. The second-order valence-electron chi connectivity index (χ2n) is 8.69. The van der Waals surface area contributed by atoms with Gasteiger partial charge in [-0.25, -0.2) is 4.98 Å². The number of rotatable bonds is 4. The molecule has 0 spiro atoms. The molecule has 2 saturated heterocycles. The van der Waals surface area contributed by atoms with Crippen LogP contribution in [-0.2, 0) is 6.54 Å². The monoisotopic (exact) mass is 389 g/mol. The van der Waals surface area contributed by atoms with Crippen molar-refractivity contribution in [1.82, 2.24) is 19.2 Å². The highest BCUT2D eigenvalue weighted by molar-refractivity contribution is 5.53. The number of likely N-dealkylation sites (N-methyl/N-ethyl adjacent to an activating group) is 1. The van der Waals surface area contributed by atoms with Crippen molar-refractivity contribution in [2.24, 2.45) is 0 Å². The highest BCUT2D eigenvalue weighted by Crippen LogP contribution is 2.28. The number of nitrogens with zero attached hydrogens (tertiary/aromatic N) is 5. The molecule has 152 valence electrons. The molecule has 0 bridgehead atoms. The Labute approximate surface area is 173 Å². The van der Waals surface area contributed by atoms with E-state index in [1.807, 2.05) is 0 Å². The van der Waals surface area contributed by atoms with Gasteiger partial charge in [-0.1, -0.05) is 35.9 Å². The fourth-order valence-electron chi connectivity index (χ4n) is 4.84. The summed E-state index contributed by atoms with van der Waals surface area (Å²) < 4.78 is 2.30. The molecular weight excluding hydrogens is 358 g/mol. The van der Waals surface area contributed by atoms with Gasteiger partial charge in [-0.2, -0.15) is 0 Å². The van der Waals surface area contributed by atoms with E-state index in [2.05, 4.69) is 81.7 Å². The van der Waals surface area contributed by atoms with Crippen LogP contribution in [0.25, 0.3) is 5.65 Å². The minimum Gasteiger partial charge on any atom is -0.358 e. The molecule has 2 aliphatic rings. The SMILES string of the molecule is Cc1cccc(CN2CCN(C)C(c3cn4c(N5CCCC5)cccc4n3)C2)c1. The second kappa shape index (κ2) is 7.81. The van der Waals surface area contributed by atoms with Gasteiger partial charge in [-0.15, -0.1) is 0 Å². The summed E-state index contributed by atoms with van der Waals surface area (Å²) in [6.07, 6.45) is 4.86. The van der Waals surface area contributed by atoms with Crippen LogP contribution in [0.1, 0.15) is 35.7 Å². The average Bonchev–Trinajstić information content (AvgIpc) is 3.39. The first-order valence-corrected chi connectivity index (χ1v) is 10.9. The molecule has 0 radical (unpaired) electrons. The number of hydrogen-bond acceptors (Lipinski definition) is 4. The Kier molecular flexibility index (Phi) is 5.02. The Morgan fingerprint density at radius 2 is 1.83 bits per heavy atom. The van der Waals surface area contributed by atoms with Gasteiger partial charge >= 0.3 is 0 Å². The Morgan fingerprint density at radius 1 is 1.00 bits per heavy atom. The number of benzene rings is 1. The van der Waals surface area contributed by atoms with E-state index in [0.29, 0.717) is 6.04 Å². The van der Waals surface area contributed by atoms with E-state index < -0.39 is 0 Å². The van der Waals surface area contributed by atoms with Crippen LogP contribution in [-0.4, -0.2) is 59.0 Å². The molecule has 0 amide bonds. The molecule has 1 atom stereocenters. The Morgan fingerprint density at radius 3 is 2.66 bits per heavy atom. The predicted octanol–water partition coefficient (Wildman–Crippen LogP) is 3.73. The lowest BCUT2D eigenvalue weighted by Crippen LogP contribution is -2.46. The summed E-state index contributed by atoms with van der Waals surface area (Å²) in [6.45, 7) is 8.69. The molecule has 2 aromatic heterocycles. The first-order chi connectivity index (χ1) is 14.2. The molecule has 3 aromatic rings. The zero-order chi connectivity index (χ0) is 19.8. The van der Waals surface area contributed by atoms with Gasteiger partial charge in [0.25, 0.3) is 0 Å². The molecule has 0 aliphatic carbocycles. The maximum Gasteiger partial charge on any atom is 0.138 e. The van der Waals surface area contributed by atoms with Gasteiger partial charge in [0.1, 0.15) is 11.5 Å². The first kappa shape index (κ1) is 18.6. The molecule has 0 N–H and O–H groups in total. The van der Waals surface area contributed by atoms with Gasteiger partial charge in [-0.3, -0.25) is 14.2 Å². The molecule has 1 unspecified atom stereocenters. The Balaban J connectivity index is 1.40. The van der Waals surface area contributed by atoms with Crippen LogP contribution in [0.3, 0.4) is 0 Å². The van der Waals surface area contributed by atoms with E-state index >= 15 is 0 Å². The number of pyridine rings is 1. The van der Waals surface area contributed by atoms with Crippen molar-refractivity contribution in [3.05, 3.63) is 65.5 Å². The van der Waals surface area contributed by atoms with Crippen molar-refractivity contribution in [3.8, 4) is 0 Å². The smallest absolute Gasteiger partial charge is 0.138 e. The van der Waals surface area contributed by atoms with Crippen molar-refractivity contribution in [2.75, 3.05) is 44.7 Å². The van der Waals surface area contributed by atoms with Crippen molar-refractivity contribution in [2.45, 2.75) is 32.4 Å². The zero-order valence-electron chi connectivity index (χ0n) is 17.6. The van der Waals surface area contributed by atoms with Gasteiger partial charge in [-0.05, 0) is 44.5 Å². The largest absolute Gasteiger partial charge is 0.358 e. The summed E-state index contributed by atoms with van der Waals surface area (Å²) in [7, 11) is 2.24. The first-order valence-electron chi connectivity index (χ1n) is 10.9. The Hall–Kier alpha value is -2.37. The maximum absolute atomic E-state index is 5.04. The normalized spacial score (nSPS) is 21.3. The summed E-state index contributed by atoms with van der Waals surface area (Å²) in [4.78, 5) is 12.6. The molecule has 2 fully saturated rings. The standard InChI is InChI=1S/C24H31N5/c1-19-7-5-8-20(15-19)16-27-14-13-26(2)22(18-27)21-17-29-23(25-21)9-6-10-24(29)28-11-3-4-12-28/h5-10,15,17,22H,3-4,11-14,16,18H2,1-2H3. The summed E-state index contributed by atoms with van der Waals surface area (Å²) in [6, 6.07) is 15.7. The summed E-state index contributed by atoms with van der Waals surface area (Å²) in [5.74, 6) is 1.29. The van der Waals surface area contributed by atoms with Crippen LogP contribution < -0.4 is 4.90 Å². The van der Waals surface area contributed by atoms with Crippen LogP contribution in [0.5, 0.6) is 0 Å². The Bertz CT molecular complexity index is 988. The number of imidazole rings is 1. The van der Waals surface area contributed by atoms with Crippen molar-refractivity contribution in [3.63, 3.8) is 0 Å². The molecule has 5 rings (SSSR count). The number of aryl methyl sites for hydroxylation is 1. The van der Waals surface area contributed by atoms with Gasteiger partial charge in [0.05, 0.1) is 11.7 Å². The minimum absolute atomic E-state index is 0.333. The van der Waals surface area contributed by atoms with Crippen LogP contribution in [0.15, 0.2) is 48.7 Å². The fourth-order valence-corrected chi connectivity index (χ4v) is 4.84. The molecule has 4 heterocycles. The lowest BCUT2D eigenvalue weighted by Gasteiger charge is -2.38. The maximum atomic E-state index is 5.04. The molecule has 5 nitrogen and oxygen atoms in total. The van der Waals surface area contributed by atoms with E-state index in [0.717, 1.165) is 44.9 Å². The molecule has 29 heavy (non-hydrogen) atoms. The summed E-state index contributed by atoms with van der Waals surface area (Å²) in [5.41, 5.74) is 4.99. The van der Waals surface area contributed by atoms with Crippen molar-refractivity contribution >= 4 is 11.5 Å². The number of aromatic nitrogens is 2. The third-order valence-electron chi connectivity index (χ3n) is 6.48. The molecule has 5 heteroatoms. The minimum atomic E-state index is 0.333. The summed E-state index contributed by atoms with van der Waals surface area (Å²) >= 11 is 0. The average molecular weight is 390 g/mol. The summed E-state index contributed by atoms with van der Waals surface area (Å²) in [5, 5.41) is 0. The van der Waals surface area contributed by atoms with E-state index in [-0.39, 0.29) is 0 Å². The van der Waals surface area contributed by atoms with Crippen molar-refractivity contribution < 1.29 is 0 Å². The van der Waals surface area contributed by atoms with E-state index in [9.17, 15) is 0 Å². The van der Waals surface area contributed by atoms with E-state index in [4.69, 9.17) is 4.98 Å². The van der Waals surface area contributed by atoms with E-state index in [1.54, 1.807) is 0 Å². The third kappa shape index (κ3) is 3.77. The molecular formula is C24H31N5. The number of piperazine rings is 1. The van der Waals surface area contributed by atoms with Crippen LogP contribution in [0.4, 0.5) is 5.82 Å². The number of fused-ring (bicyclic) bond motifs is 1. The van der Waals surface area contributed by atoms with Gasteiger partial charge < -0.3 is 4.90 Å². The van der Waals surface area contributed by atoms with Gasteiger partial charge in [0, 0.05) is 45.5 Å². The van der Waals surface area contributed by atoms with Gasteiger partial charge in [0.2, 0.25) is 0 Å². The lowest BCUT2D eigenvalue weighted by molar-refractivity contribution is 0.0885. The van der Waals surface area contributed by atoms with E-state index in [1.165, 1.54) is 35.5 Å². The van der Waals surface area contributed by atoms with Crippen LogP contribution >= 0.6 is 0 Å². The van der Waals surface area contributed by atoms with Crippen LogP contribution in [0, 0.1) is 6.92 Å². The fraction of sp³-hybridized carbons (Fsp3) is 0.458. The number of anilines is 1. The third-order valence-corrected chi connectivity index (χ3v) is 6.48. The molecule has 2 aliphatic heterocycles. The van der Waals surface area contributed by atoms with Crippen LogP contribution in [0.2, 0.25) is 0 Å². The highest BCUT2D eigenvalue weighted by Gasteiger charge is 2.28. The van der Waals surface area contributed by atoms with Gasteiger partial charge in [0.15, 0.2) is 0 Å². The number of hydrogen-bond donors (Lipinski definition) is 0. The second-order valence-corrected chi connectivity index (χ2v) is 8.69. The lowest BCUT2D eigenvalue weighted by atomic mass is 10.1. The molecule has 1 aromatic carbocycles. The topological polar surface area (TPSA) is 27.0 Å². The van der Waals surface area contributed by atoms with Crippen molar-refractivity contribution in [1.29, 1.82) is 0 Å².